The van der Waals surface area contributed by atoms with Gasteiger partial charge in [-0.15, -0.1) is 0 Å². The van der Waals surface area contributed by atoms with E-state index in [4.69, 9.17) is 9.15 Å². The zero-order valence-electron chi connectivity index (χ0n) is 15.9. The fourth-order valence-corrected chi connectivity index (χ4v) is 3.42. The van der Waals surface area contributed by atoms with E-state index in [1.165, 1.54) is 12.5 Å². The third kappa shape index (κ3) is 4.66. The van der Waals surface area contributed by atoms with Gasteiger partial charge >= 0.3 is 0 Å². The second kappa shape index (κ2) is 8.65. The van der Waals surface area contributed by atoms with E-state index in [1.807, 2.05) is 54.6 Å². The molecule has 0 spiro atoms. The van der Waals surface area contributed by atoms with Crippen LogP contribution < -0.4 is 10.1 Å². The SMILES string of the molecule is O=C(Nc1ccc(Oc2ccccc2)cc1)C1CCCN(C(=O)c2ccoc2)C1. The van der Waals surface area contributed by atoms with Crippen molar-refractivity contribution in [2.24, 2.45) is 5.92 Å². The molecule has 2 aromatic carbocycles. The minimum Gasteiger partial charge on any atom is -0.472 e. The molecule has 148 valence electrons. The van der Waals surface area contributed by atoms with E-state index in [-0.39, 0.29) is 17.7 Å². The summed E-state index contributed by atoms with van der Waals surface area (Å²) in [6, 6.07) is 18.4. The number of ether oxygens (including phenoxy) is 1. The third-order valence-corrected chi connectivity index (χ3v) is 4.95. The highest BCUT2D eigenvalue weighted by Crippen LogP contribution is 2.24. The number of likely N-dealkylation sites (tertiary alicyclic amines) is 1. The highest BCUT2D eigenvalue weighted by Gasteiger charge is 2.29. The maximum atomic E-state index is 12.7. The Labute approximate surface area is 169 Å². The number of anilines is 1. The number of nitrogens with one attached hydrogen (secondary N) is 1. The number of carbonyl (C=O) groups is 2. The number of carbonyl (C=O) groups excluding carboxylic acids is 2. The quantitative estimate of drug-likeness (QED) is 0.693. The Morgan fingerprint density at radius 1 is 1.00 bits per heavy atom. The Morgan fingerprint density at radius 2 is 1.76 bits per heavy atom. The smallest absolute Gasteiger partial charge is 0.257 e. The molecule has 1 atom stereocenters. The Morgan fingerprint density at radius 3 is 2.48 bits per heavy atom. The molecule has 1 N–H and O–H groups in total. The summed E-state index contributed by atoms with van der Waals surface area (Å²) in [5, 5.41) is 2.95. The van der Waals surface area contributed by atoms with Crippen LogP contribution in [0.1, 0.15) is 23.2 Å². The summed E-state index contributed by atoms with van der Waals surface area (Å²) in [5.74, 6) is 1.04. The van der Waals surface area contributed by atoms with Gasteiger partial charge in [0, 0.05) is 18.8 Å². The molecule has 6 heteroatoms. The van der Waals surface area contributed by atoms with Gasteiger partial charge in [0.15, 0.2) is 0 Å². The maximum Gasteiger partial charge on any atom is 0.257 e. The van der Waals surface area contributed by atoms with Crippen LogP contribution in [0.2, 0.25) is 0 Å². The number of hydrogen-bond acceptors (Lipinski definition) is 4. The first kappa shape index (κ1) is 18.8. The maximum absolute atomic E-state index is 12.7. The van der Waals surface area contributed by atoms with Crippen molar-refractivity contribution in [1.29, 1.82) is 0 Å². The van der Waals surface area contributed by atoms with Gasteiger partial charge in [-0.25, -0.2) is 0 Å². The number of amides is 2. The molecule has 1 aliphatic heterocycles. The van der Waals surface area contributed by atoms with Gasteiger partial charge in [-0.1, -0.05) is 18.2 Å². The molecule has 6 nitrogen and oxygen atoms in total. The zero-order chi connectivity index (χ0) is 20.1. The highest BCUT2D eigenvalue weighted by atomic mass is 16.5. The average molecular weight is 390 g/mol. The summed E-state index contributed by atoms with van der Waals surface area (Å²) < 4.78 is 10.8. The molecule has 2 amide bonds. The molecule has 0 bridgehead atoms. The van der Waals surface area contributed by atoms with Gasteiger partial charge in [-0.2, -0.15) is 0 Å². The van der Waals surface area contributed by atoms with Gasteiger partial charge in [0.1, 0.15) is 17.8 Å². The van der Waals surface area contributed by atoms with E-state index in [9.17, 15) is 9.59 Å². The van der Waals surface area contributed by atoms with E-state index in [2.05, 4.69) is 5.32 Å². The van der Waals surface area contributed by atoms with Crippen molar-refractivity contribution in [1.82, 2.24) is 4.90 Å². The van der Waals surface area contributed by atoms with Gasteiger partial charge in [-0.05, 0) is 55.3 Å². The van der Waals surface area contributed by atoms with Crippen molar-refractivity contribution in [3.05, 3.63) is 78.8 Å². The molecule has 1 saturated heterocycles. The van der Waals surface area contributed by atoms with Crippen molar-refractivity contribution < 1.29 is 18.7 Å². The van der Waals surface area contributed by atoms with Crippen molar-refractivity contribution in [2.45, 2.75) is 12.8 Å². The molecule has 1 aromatic heterocycles. The second-order valence-electron chi connectivity index (χ2n) is 7.03. The monoisotopic (exact) mass is 390 g/mol. The summed E-state index contributed by atoms with van der Waals surface area (Å²) in [4.78, 5) is 26.9. The number of hydrogen-bond donors (Lipinski definition) is 1. The van der Waals surface area contributed by atoms with Gasteiger partial charge < -0.3 is 19.4 Å². The van der Waals surface area contributed by atoms with Crippen molar-refractivity contribution in [3.8, 4) is 11.5 Å². The summed E-state index contributed by atoms with van der Waals surface area (Å²) in [5.41, 5.74) is 1.22. The van der Waals surface area contributed by atoms with E-state index in [0.29, 0.717) is 30.1 Å². The molecule has 1 unspecified atom stereocenters. The summed E-state index contributed by atoms with van der Waals surface area (Å²) in [6.45, 7) is 1.06. The number of para-hydroxylation sites is 1. The molecule has 2 heterocycles. The number of furan rings is 1. The molecule has 29 heavy (non-hydrogen) atoms. The minimum atomic E-state index is -0.236. The molecule has 0 radical (unpaired) electrons. The van der Waals surface area contributed by atoms with Gasteiger partial charge in [0.05, 0.1) is 17.7 Å². The normalized spacial score (nSPS) is 16.3. The first-order chi connectivity index (χ1) is 14.2. The largest absolute Gasteiger partial charge is 0.472 e. The topological polar surface area (TPSA) is 71.8 Å². The molecule has 4 rings (SSSR count). The van der Waals surface area contributed by atoms with Gasteiger partial charge in [0.25, 0.3) is 5.91 Å². The molecule has 3 aromatic rings. The van der Waals surface area contributed by atoms with Crippen LogP contribution in [0.25, 0.3) is 0 Å². The van der Waals surface area contributed by atoms with Crippen LogP contribution >= 0.6 is 0 Å². The summed E-state index contributed by atoms with van der Waals surface area (Å²) in [6.07, 6.45) is 4.47. The molecule has 1 fully saturated rings. The first-order valence-corrected chi connectivity index (χ1v) is 9.64. The number of nitrogens with zero attached hydrogens (tertiary/aromatic N) is 1. The second-order valence-corrected chi connectivity index (χ2v) is 7.03. The Balaban J connectivity index is 1.34. The standard InChI is InChI=1S/C23H22N2O4/c26-22(17-5-4-13-25(15-17)23(27)18-12-14-28-16-18)24-19-8-10-21(11-9-19)29-20-6-2-1-3-7-20/h1-3,6-12,14,16-17H,4-5,13,15H2,(H,24,26). The number of rotatable bonds is 5. The van der Waals surface area contributed by atoms with E-state index in [0.717, 1.165) is 18.6 Å². The fourth-order valence-electron chi connectivity index (χ4n) is 3.42. The van der Waals surface area contributed by atoms with Crippen molar-refractivity contribution in [3.63, 3.8) is 0 Å². The lowest BCUT2D eigenvalue weighted by Crippen LogP contribution is -2.43. The van der Waals surface area contributed by atoms with Crippen LogP contribution in [0.4, 0.5) is 5.69 Å². The zero-order valence-corrected chi connectivity index (χ0v) is 15.9. The Kier molecular flexibility index (Phi) is 5.61. The first-order valence-electron chi connectivity index (χ1n) is 9.64. The molecular weight excluding hydrogens is 368 g/mol. The van der Waals surface area contributed by atoms with Crippen LogP contribution in [-0.2, 0) is 4.79 Å². The van der Waals surface area contributed by atoms with Crippen molar-refractivity contribution >= 4 is 17.5 Å². The molecular formula is C23H22N2O4. The fraction of sp³-hybridized carbons (Fsp3) is 0.217. The van der Waals surface area contributed by atoms with Crippen LogP contribution in [0.3, 0.4) is 0 Å². The molecule has 0 aliphatic carbocycles. The number of piperidine rings is 1. The lowest BCUT2D eigenvalue weighted by Gasteiger charge is -2.31. The lowest BCUT2D eigenvalue weighted by atomic mass is 9.96. The van der Waals surface area contributed by atoms with Gasteiger partial charge in [0.2, 0.25) is 5.91 Å². The summed E-state index contributed by atoms with van der Waals surface area (Å²) >= 11 is 0. The minimum absolute atomic E-state index is 0.0774. The van der Waals surface area contributed by atoms with Crippen LogP contribution in [-0.4, -0.2) is 29.8 Å². The van der Waals surface area contributed by atoms with Crippen LogP contribution in [0.5, 0.6) is 11.5 Å². The number of benzene rings is 2. The predicted octanol–water partition coefficient (Wildman–Crippen LogP) is 4.56. The van der Waals surface area contributed by atoms with Crippen molar-refractivity contribution in [2.75, 3.05) is 18.4 Å². The van der Waals surface area contributed by atoms with E-state index >= 15 is 0 Å². The third-order valence-electron chi connectivity index (χ3n) is 4.95. The van der Waals surface area contributed by atoms with Crippen LogP contribution in [0, 0.1) is 5.92 Å². The molecule has 1 aliphatic rings. The average Bonchev–Trinajstić information content (AvgIpc) is 3.30. The highest BCUT2D eigenvalue weighted by molar-refractivity contribution is 5.96. The van der Waals surface area contributed by atoms with E-state index < -0.39 is 0 Å². The van der Waals surface area contributed by atoms with Crippen LogP contribution in [0.15, 0.2) is 77.6 Å². The Bertz CT molecular complexity index is 952. The predicted molar refractivity (Wildman–Crippen MR) is 109 cm³/mol. The Hall–Kier alpha value is -3.54. The molecule has 0 saturated carbocycles. The van der Waals surface area contributed by atoms with Gasteiger partial charge in [-0.3, -0.25) is 9.59 Å². The summed E-state index contributed by atoms with van der Waals surface area (Å²) in [7, 11) is 0. The lowest BCUT2D eigenvalue weighted by molar-refractivity contribution is -0.121. The van der Waals surface area contributed by atoms with E-state index in [1.54, 1.807) is 11.0 Å².